The molecule has 4 nitrogen and oxygen atoms in total. The summed E-state index contributed by atoms with van der Waals surface area (Å²) in [6.07, 6.45) is 3.04. The number of carbonyl (C=O) groups is 1. The van der Waals surface area contributed by atoms with Gasteiger partial charge >= 0.3 is 0 Å². The minimum atomic E-state index is -0.0970. The molecule has 1 aliphatic carbocycles. The maximum atomic E-state index is 12.5. The van der Waals surface area contributed by atoms with Crippen LogP contribution >= 0.6 is 11.8 Å². The monoisotopic (exact) mass is 373 g/mol. The van der Waals surface area contributed by atoms with E-state index in [1.165, 1.54) is 17.3 Å². The van der Waals surface area contributed by atoms with E-state index in [2.05, 4.69) is 16.4 Å². The normalized spacial score (nSPS) is 12.6. The van der Waals surface area contributed by atoms with Crippen LogP contribution in [0, 0.1) is 18.3 Å². The molecular formula is C22H19N3OS. The van der Waals surface area contributed by atoms with Crippen molar-refractivity contribution in [2.75, 3.05) is 11.1 Å². The van der Waals surface area contributed by atoms with Crippen LogP contribution in [0.25, 0.3) is 10.8 Å². The standard InChI is InChI=1S/C22H19N3OS/c1-14-16-9-5-11-19(16)25-22(18(14)12-23)27-13-21(26)24-20-10-4-7-15-6-2-3-8-17(15)20/h2-4,6-8,10H,5,9,11,13H2,1H3,(H,24,26). The van der Waals surface area contributed by atoms with Gasteiger partial charge in [0.1, 0.15) is 11.1 Å². The molecule has 3 aromatic rings. The molecule has 0 bridgehead atoms. The van der Waals surface area contributed by atoms with Gasteiger partial charge in [-0.1, -0.05) is 48.2 Å². The maximum Gasteiger partial charge on any atom is 0.234 e. The summed E-state index contributed by atoms with van der Waals surface area (Å²) in [6, 6.07) is 16.1. The van der Waals surface area contributed by atoms with Gasteiger partial charge < -0.3 is 5.32 Å². The minimum Gasteiger partial charge on any atom is -0.325 e. The summed E-state index contributed by atoms with van der Waals surface area (Å²) in [5, 5.41) is 15.3. The van der Waals surface area contributed by atoms with Gasteiger partial charge in [0.05, 0.1) is 11.3 Å². The number of anilines is 1. The van der Waals surface area contributed by atoms with E-state index in [4.69, 9.17) is 0 Å². The molecule has 2 aromatic carbocycles. The molecule has 0 spiro atoms. The molecule has 0 radical (unpaired) electrons. The van der Waals surface area contributed by atoms with Crippen molar-refractivity contribution in [1.82, 2.24) is 4.98 Å². The highest BCUT2D eigenvalue weighted by Gasteiger charge is 2.21. The van der Waals surface area contributed by atoms with Crippen LogP contribution < -0.4 is 5.32 Å². The Kier molecular flexibility index (Phi) is 4.83. The van der Waals surface area contributed by atoms with E-state index in [-0.39, 0.29) is 11.7 Å². The highest BCUT2D eigenvalue weighted by Crippen LogP contribution is 2.32. The van der Waals surface area contributed by atoms with Gasteiger partial charge in [-0.05, 0) is 48.8 Å². The van der Waals surface area contributed by atoms with Crippen LogP contribution in [-0.2, 0) is 17.6 Å². The van der Waals surface area contributed by atoms with Gasteiger partial charge in [0.15, 0.2) is 0 Å². The van der Waals surface area contributed by atoms with Crippen molar-refractivity contribution in [2.24, 2.45) is 0 Å². The second kappa shape index (κ2) is 7.42. The van der Waals surface area contributed by atoms with Crippen LogP contribution in [-0.4, -0.2) is 16.6 Å². The maximum absolute atomic E-state index is 12.5. The molecule has 0 unspecified atom stereocenters. The number of nitrogens with one attached hydrogen (secondary N) is 1. The predicted octanol–water partition coefficient (Wildman–Crippen LogP) is 4.63. The van der Waals surface area contributed by atoms with Gasteiger partial charge in [0, 0.05) is 16.8 Å². The number of aryl methyl sites for hydroxylation is 1. The van der Waals surface area contributed by atoms with Crippen molar-refractivity contribution in [2.45, 2.75) is 31.2 Å². The third-order valence-corrected chi connectivity index (χ3v) is 5.96. The highest BCUT2D eigenvalue weighted by molar-refractivity contribution is 8.00. The summed E-state index contributed by atoms with van der Waals surface area (Å²) in [5.74, 6) is 0.128. The first-order valence-electron chi connectivity index (χ1n) is 9.00. The second-order valence-electron chi connectivity index (χ2n) is 6.67. The van der Waals surface area contributed by atoms with Crippen LogP contribution in [0.3, 0.4) is 0 Å². The van der Waals surface area contributed by atoms with E-state index >= 15 is 0 Å². The molecule has 134 valence electrons. The number of nitriles is 1. The lowest BCUT2D eigenvalue weighted by Gasteiger charge is -2.11. The van der Waals surface area contributed by atoms with Crippen molar-refractivity contribution < 1.29 is 4.79 Å². The molecule has 0 saturated heterocycles. The average Bonchev–Trinajstić information content (AvgIpc) is 3.16. The van der Waals surface area contributed by atoms with Crippen LogP contribution in [0.2, 0.25) is 0 Å². The fourth-order valence-electron chi connectivity index (χ4n) is 3.64. The fourth-order valence-corrected chi connectivity index (χ4v) is 4.49. The molecule has 1 aliphatic rings. The van der Waals surface area contributed by atoms with E-state index < -0.39 is 0 Å². The number of fused-ring (bicyclic) bond motifs is 2. The number of carbonyl (C=O) groups excluding carboxylic acids is 1. The largest absolute Gasteiger partial charge is 0.325 e. The number of hydrogen-bond acceptors (Lipinski definition) is 4. The summed E-state index contributed by atoms with van der Waals surface area (Å²) in [6.45, 7) is 1.99. The number of pyridine rings is 1. The lowest BCUT2D eigenvalue weighted by Crippen LogP contribution is -2.14. The highest BCUT2D eigenvalue weighted by atomic mass is 32.2. The van der Waals surface area contributed by atoms with Gasteiger partial charge in [0.25, 0.3) is 0 Å². The number of aromatic nitrogens is 1. The van der Waals surface area contributed by atoms with Gasteiger partial charge in [-0.15, -0.1) is 0 Å². The number of thioether (sulfide) groups is 1. The Morgan fingerprint density at radius 3 is 2.89 bits per heavy atom. The van der Waals surface area contributed by atoms with Crippen molar-refractivity contribution >= 4 is 34.1 Å². The van der Waals surface area contributed by atoms with Gasteiger partial charge in [-0.25, -0.2) is 4.98 Å². The number of hydrogen-bond donors (Lipinski definition) is 1. The van der Waals surface area contributed by atoms with Crippen molar-refractivity contribution in [3.05, 3.63) is 64.8 Å². The summed E-state index contributed by atoms with van der Waals surface area (Å²) >= 11 is 1.34. The Balaban J connectivity index is 1.52. The van der Waals surface area contributed by atoms with Crippen LogP contribution in [0.4, 0.5) is 5.69 Å². The summed E-state index contributed by atoms with van der Waals surface area (Å²) in [4.78, 5) is 17.2. The average molecular weight is 373 g/mol. The first-order valence-corrected chi connectivity index (χ1v) is 9.99. The second-order valence-corrected chi connectivity index (χ2v) is 7.64. The summed E-state index contributed by atoms with van der Waals surface area (Å²) < 4.78 is 0. The number of benzene rings is 2. The lowest BCUT2D eigenvalue weighted by atomic mass is 10.0. The van der Waals surface area contributed by atoms with Gasteiger partial charge in [0.2, 0.25) is 5.91 Å². The first-order chi connectivity index (χ1) is 13.2. The first kappa shape index (κ1) is 17.6. The quantitative estimate of drug-likeness (QED) is 0.677. The molecule has 0 fully saturated rings. The Morgan fingerprint density at radius 2 is 2.04 bits per heavy atom. The molecule has 1 N–H and O–H groups in total. The van der Waals surface area contributed by atoms with Crippen molar-refractivity contribution in [1.29, 1.82) is 5.26 Å². The van der Waals surface area contributed by atoms with E-state index in [0.717, 1.165) is 47.0 Å². The van der Waals surface area contributed by atoms with E-state index in [0.29, 0.717) is 10.6 Å². The molecule has 27 heavy (non-hydrogen) atoms. The zero-order valence-electron chi connectivity index (χ0n) is 15.1. The molecule has 1 heterocycles. The van der Waals surface area contributed by atoms with E-state index in [1.807, 2.05) is 49.4 Å². The number of rotatable bonds is 4. The lowest BCUT2D eigenvalue weighted by molar-refractivity contribution is -0.113. The van der Waals surface area contributed by atoms with Crippen LogP contribution in [0.1, 0.15) is 28.8 Å². The fraction of sp³-hybridized carbons (Fsp3) is 0.227. The Hall–Kier alpha value is -2.84. The zero-order valence-corrected chi connectivity index (χ0v) is 15.9. The Morgan fingerprint density at radius 1 is 1.22 bits per heavy atom. The van der Waals surface area contributed by atoms with E-state index in [9.17, 15) is 10.1 Å². The SMILES string of the molecule is Cc1c(C#N)c(SCC(=O)Nc2cccc3ccccc23)nc2c1CCC2. The van der Waals surface area contributed by atoms with Gasteiger partial charge in [-0.3, -0.25) is 4.79 Å². The summed E-state index contributed by atoms with van der Waals surface area (Å²) in [5.41, 5.74) is 4.74. The van der Waals surface area contributed by atoms with Gasteiger partial charge in [-0.2, -0.15) is 5.26 Å². The molecule has 0 saturated carbocycles. The smallest absolute Gasteiger partial charge is 0.234 e. The third kappa shape index (κ3) is 3.41. The molecular weight excluding hydrogens is 354 g/mol. The topological polar surface area (TPSA) is 65.8 Å². The Bertz CT molecular complexity index is 1080. The molecule has 1 amide bonds. The van der Waals surface area contributed by atoms with Crippen LogP contribution in [0.15, 0.2) is 47.5 Å². The van der Waals surface area contributed by atoms with Crippen molar-refractivity contribution in [3.63, 3.8) is 0 Å². The third-order valence-electron chi connectivity index (χ3n) is 4.98. The number of nitrogens with zero attached hydrogens (tertiary/aromatic N) is 2. The van der Waals surface area contributed by atoms with Crippen LogP contribution in [0.5, 0.6) is 0 Å². The summed E-state index contributed by atoms with van der Waals surface area (Å²) in [7, 11) is 0. The Labute approximate surface area is 162 Å². The molecule has 4 rings (SSSR count). The minimum absolute atomic E-state index is 0.0970. The molecule has 5 heteroatoms. The molecule has 1 aromatic heterocycles. The van der Waals surface area contributed by atoms with Crippen molar-refractivity contribution in [3.8, 4) is 6.07 Å². The predicted molar refractivity (Wildman–Crippen MR) is 109 cm³/mol. The van der Waals surface area contributed by atoms with E-state index in [1.54, 1.807) is 0 Å². The molecule has 0 atom stereocenters. The molecule has 0 aliphatic heterocycles. The zero-order chi connectivity index (χ0) is 18.8. The number of amides is 1.